The standard InChI is InChI=1S/C10H10/c1-2-6-10-8-4-3-7-9(10)5-1/h1-2H,3-4,7-8H2. The van der Waals surface area contributed by atoms with Crippen LogP contribution in [0.15, 0.2) is 12.1 Å². The second-order valence-corrected chi connectivity index (χ2v) is 2.79. The summed E-state index contributed by atoms with van der Waals surface area (Å²) in [4.78, 5) is 0. The van der Waals surface area contributed by atoms with Crippen molar-refractivity contribution in [1.29, 1.82) is 0 Å². The smallest absolute Gasteiger partial charge is 0.0146 e. The van der Waals surface area contributed by atoms with Gasteiger partial charge in [0, 0.05) is 0 Å². The number of rotatable bonds is 0. The fourth-order valence-corrected chi connectivity index (χ4v) is 1.51. The van der Waals surface area contributed by atoms with Crippen LogP contribution in [0.2, 0.25) is 0 Å². The average Bonchev–Trinajstić information content (AvgIpc) is 2.05. The third kappa shape index (κ3) is 0.942. The molecule has 0 atom stereocenters. The van der Waals surface area contributed by atoms with Gasteiger partial charge in [-0.25, -0.2) is 0 Å². The topological polar surface area (TPSA) is 0 Å². The Morgan fingerprint density at radius 3 is 1.90 bits per heavy atom. The van der Waals surface area contributed by atoms with Crippen LogP contribution in [0.3, 0.4) is 0 Å². The van der Waals surface area contributed by atoms with Crippen LogP contribution in [-0.2, 0) is 12.8 Å². The van der Waals surface area contributed by atoms with Gasteiger partial charge >= 0.3 is 0 Å². The number of hydrogen-bond acceptors (Lipinski definition) is 0. The van der Waals surface area contributed by atoms with Crippen molar-refractivity contribution in [2.45, 2.75) is 25.7 Å². The van der Waals surface area contributed by atoms with Gasteiger partial charge in [0.2, 0.25) is 0 Å². The summed E-state index contributed by atoms with van der Waals surface area (Å²) in [5, 5.41) is 0. The third-order valence-corrected chi connectivity index (χ3v) is 2.07. The molecule has 10 heavy (non-hydrogen) atoms. The van der Waals surface area contributed by atoms with Gasteiger partial charge in [-0.3, -0.25) is 0 Å². The molecule has 2 radical (unpaired) electrons. The largest absolute Gasteiger partial charge is 0.0535 e. The first kappa shape index (κ1) is 5.96. The van der Waals surface area contributed by atoms with E-state index in [-0.39, 0.29) is 0 Å². The predicted molar refractivity (Wildman–Crippen MR) is 40.8 cm³/mol. The van der Waals surface area contributed by atoms with E-state index in [2.05, 4.69) is 12.1 Å². The SMILES string of the molecule is [c]1cc[c]c2c1CCCC2. The van der Waals surface area contributed by atoms with Crippen molar-refractivity contribution in [3.8, 4) is 0 Å². The van der Waals surface area contributed by atoms with E-state index in [4.69, 9.17) is 0 Å². The van der Waals surface area contributed by atoms with Crippen LogP contribution in [0.25, 0.3) is 0 Å². The minimum Gasteiger partial charge on any atom is -0.0535 e. The first-order valence-corrected chi connectivity index (χ1v) is 3.87. The fraction of sp³-hybridized carbons (Fsp3) is 0.400. The Kier molecular flexibility index (Phi) is 1.46. The average molecular weight is 130 g/mol. The van der Waals surface area contributed by atoms with Crippen molar-refractivity contribution >= 4 is 0 Å². The molecule has 0 aromatic heterocycles. The van der Waals surface area contributed by atoms with E-state index in [1.54, 1.807) is 0 Å². The van der Waals surface area contributed by atoms with Crippen LogP contribution in [-0.4, -0.2) is 0 Å². The Morgan fingerprint density at radius 1 is 0.900 bits per heavy atom. The van der Waals surface area contributed by atoms with E-state index in [0.29, 0.717) is 0 Å². The summed E-state index contributed by atoms with van der Waals surface area (Å²) >= 11 is 0. The molecule has 1 aliphatic rings. The molecule has 0 heteroatoms. The van der Waals surface area contributed by atoms with Gasteiger partial charge in [-0.1, -0.05) is 12.1 Å². The first-order valence-electron chi connectivity index (χ1n) is 3.87. The molecule has 0 nitrogen and oxygen atoms in total. The van der Waals surface area contributed by atoms with Gasteiger partial charge in [0.15, 0.2) is 0 Å². The summed E-state index contributed by atoms with van der Waals surface area (Å²) in [6.45, 7) is 0. The van der Waals surface area contributed by atoms with Crippen LogP contribution < -0.4 is 0 Å². The maximum atomic E-state index is 3.26. The Bertz CT molecular complexity index is 200. The van der Waals surface area contributed by atoms with Crippen LogP contribution in [0, 0.1) is 12.1 Å². The zero-order valence-electron chi connectivity index (χ0n) is 5.98. The number of benzene rings is 1. The highest BCUT2D eigenvalue weighted by molar-refractivity contribution is 5.26. The second-order valence-electron chi connectivity index (χ2n) is 2.79. The minimum absolute atomic E-state index is 1.21. The molecular weight excluding hydrogens is 120 g/mol. The highest BCUT2D eigenvalue weighted by atomic mass is 14.1. The molecule has 0 saturated carbocycles. The van der Waals surface area contributed by atoms with Crippen molar-refractivity contribution in [1.82, 2.24) is 0 Å². The van der Waals surface area contributed by atoms with E-state index in [9.17, 15) is 0 Å². The molecule has 0 amide bonds. The van der Waals surface area contributed by atoms with Gasteiger partial charge in [0.05, 0.1) is 0 Å². The molecule has 0 heterocycles. The van der Waals surface area contributed by atoms with E-state index < -0.39 is 0 Å². The van der Waals surface area contributed by atoms with Gasteiger partial charge in [-0.2, -0.15) is 0 Å². The predicted octanol–water partition coefficient (Wildman–Crippen LogP) is 2.17. The van der Waals surface area contributed by atoms with Crippen molar-refractivity contribution in [2.24, 2.45) is 0 Å². The highest BCUT2D eigenvalue weighted by Gasteiger charge is 2.06. The van der Waals surface area contributed by atoms with Crippen LogP contribution in [0.5, 0.6) is 0 Å². The van der Waals surface area contributed by atoms with Crippen LogP contribution in [0.4, 0.5) is 0 Å². The fourth-order valence-electron chi connectivity index (χ4n) is 1.51. The lowest BCUT2D eigenvalue weighted by Gasteiger charge is -2.13. The lowest BCUT2D eigenvalue weighted by molar-refractivity contribution is 0.684. The van der Waals surface area contributed by atoms with Gasteiger partial charge in [0.25, 0.3) is 0 Å². The Hall–Kier alpha value is -0.780. The highest BCUT2D eigenvalue weighted by Crippen LogP contribution is 2.18. The molecule has 0 unspecified atom stereocenters. The van der Waals surface area contributed by atoms with E-state index in [1.165, 1.54) is 36.8 Å². The summed E-state index contributed by atoms with van der Waals surface area (Å²) in [7, 11) is 0. The van der Waals surface area contributed by atoms with Crippen molar-refractivity contribution in [2.75, 3.05) is 0 Å². The molecule has 0 saturated heterocycles. The quantitative estimate of drug-likeness (QED) is 0.505. The Labute approximate surface area is 61.9 Å². The summed E-state index contributed by atoms with van der Waals surface area (Å²) in [5.74, 6) is 0. The lowest BCUT2D eigenvalue weighted by atomic mass is 9.92. The van der Waals surface area contributed by atoms with E-state index in [0.717, 1.165) is 0 Å². The number of aryl methyl sites for hydroxylation is 2. The van der Waals surface area contributed by atoms with Crippen molar-refractivity contribution in [3.05, 3.63) is 35.4 Å². The molecule has 1 aromatic carbocycles. The molecule has 0 N–H and O–H groups in total. The number of hydrogen-bond donors (Lipinski definition) is 0. The molecule has 0 fully saturated rings. The van der Waals surface area contributed by atoms with Crippen LogP contribution in [0.1, 0.15) is 24.0 Å². The zero-order valence-corrected chi connectivity index (χ0v) is 5.98. The van der Waals surface area contributed by atoms with Gasteiger partial charge in [0.1, 0.15) is 0 Å². The maximum absolute atomic E-state index is 3.26. The van der Waals surface area contributed by atoms with Crippen molar-refractivity contribution < 1.29 is 0 Å². The molecule has 0 bridgehead atoms. The summed E-state index contributed by atoms with van der Waals surface area (Å²) < 4.78 is 0. The lowest BCUT2D eigenvalue weighted by Crippen LogP contribution is -2.01. The normalized spacial score (nSPS) is 16.4. The molecule has 1 aliphatic carbocycles. The maximum Gasteiger partial charge on any atom is -0.0146 e. The Morgan fingerprint density at radius 2 is 1.40 bits per heavy atom. The molecule has 0 aliphatic heterocycles. The van der Waals surface area contributed by atoms with Gasteiger partial charge < -0.3 is 0 Å². The van der Waals surface area contributed by atoms with Crippen molar-refractivity contribution in [3.63, 3.8) is 0 Å². The molecule has 50 valence electrons. The monoisotopic (exact) mass is 130 g/mol. The molecule has 0 spiro atoms. The molecular formula is C10H10. The third-order valence-electron chi connectivity index (χ3n) is 2.07. The zero-order chi connectivity index (χ0) is 6.81. The minimum atomic E-state index is 1.21. The first-order chi connectivity index (χ1) is 4.97. The van der Waals surface area contributed by atoms with Gasteiger partial charge in [-0.05, 0) is 48.9 Å². The molecule has 2 rings (SSSR count). The summed E-state index contributed by atoms with van der Waals surface area (Å²) in [6.07, 6.45) is 5.10. The number of fused-ring (bicyclic) bond motifs is 1. The second kappa shape index (κ2) is 2.45. The summed E-state index contributed by atoms with van der Waals surface area (Å²) in [5.41, 5.74) is 2.79. The van der Waals surface area contributed by atoms with E-state index >= 15 is 0 Å². The van der Waals surface area contributed by atoms with Gasteiger partial charge in [-0.15, -0.1) is 0 Å². The Balaban J connectivity index is 2.41. The summed E-state index contributed by atoms with van der Waals surface area (Å²) in [6, 6.07) is 10.4. The molecule has 1 aromatic rings. The van der Waals surface area contributed by atoms with Crippen LogP contribution >= 0.6 is 0 Å². The van der Waals surface area contributed by atoms with E-state index in [1.807, 2.05) is 12.1 Å².